The fraction of sp³-hybridized carbons (Fsp3) is 0.500. The Morgan fingerprint density at radius 1 is 1.62 bits per heavy atom. The lowest BCUT2D eigenvalue weighted by molar-refractivity contribution is 0.258. The van der Waals surface area contributed by atoms with Gasteiger partial charge in [-0.15, -0.1) is 0 Å². The highest BCUT2D eigenvalue weighted by Gasteiger charge is 2.23. The lowest BCUT2D eigenvalue weighted by Crippen LogP contribution is -2.18. The van der Waals surface area contributed by atoms with Gasteiger partial charge in [0.25, 0.3) is 0 Å². The Labute approximate surface area is 109 Å². The van der Waals surface area contributed by atoms with Crippen LogP contribution in [0.3, 0.4) is 0 Å². The lowest BCUT2D eigenvalue weighted by Gasteiger charge is -2.12. The summed E-state index contributed by atoms with van der Waals surface area (Å²) in [5, 5.41) is 9.24. The Balaban J connectivity index is 1.90. The van der Waals surface area contributed by atoms with Crippen LogP contribution in [0, 0.1) is 0 Å². The number of halogens is 1. The van der Waals surface area contributed by atoms with Crippen molar-refractivity contribution in [3.8, 4) is 5.75 Å². The molecule has 4 heteroatoms. The molecule has 2 nitrogen and oxygen atoms in total. The van der Waals surface area contributed by atoms with Crippen LogP contribution in [0.1, 0.15) is 12.5 Å². The summed E-state index contributed by atoms with van der Waals surface area (Å²) < 4.78 is 6.94. The summed E-state index contributed by atoms with van der Waals surface area (Å²) in [5.41, 5.74) is 1.27. The average Bonchev–Trinajstić information content (AvgIpc) is 2.67. The molecule has 0 saturated carbocycles. The third-order valence-electron chi connectivity index (χ3n) is 2.59. The molecule has 0 aromatic heterocycles. The number of aliphatic hydroxyl groups is 1. The monoisotopic (exact) mass is 302 g/mol. The number of benzene rings is 1. The van der Waals surface area contributed by atoms with Crippen molar-refractivity contribution in [1.82, 2.24) is 0 Å². The predicted octanol–water partition coefficient (Wildman–Crippen LogP) is 2.87. The molecule has 2 atom stereocenters. The van der Waals surface area contributed by atoms with Gasteiger partial charge < -0.3 is 9.84 Å². The Bertz CT molecular complexity index is 370. The summed E-state index contributed by atoms with van der Waals surface area (Å²) in [6.45, 7) is 2.26. The van der Waals surface area contributed by atoms with E-state index in [9.17, 15) is 0 Å². The molecule has 2 rings (SSSR count). The Morgan fingerprint density at radius 2 is 2.44 bits per heavy atom. The maximum atomic E-state index is 8.95. The molecule has 1 aliphatic rings. The van der Waals surface area contributed by atoms with E-state index in [2.05, 4.69) is 22.0 Å². The van der Waals surface area contributed by atoms with E-state index in [1.165, 1.54) is 5.56 Å². The molecule has 0 saturated heterocycles. The highest BCUT2D eigenvalue weighted by Crippen LogP contribution is 2.32. The minimum Gasteiger partial charge on any atom is -0.489 e. The number of aliphatic hydroxyl groups excluding tert-OH is 1. The fourth-order valence-corrected chi connectivity index (χ4v) is 2.95. The van der Waals surface area contributed by atoms with Gasteiger partial charge in [0.15, 0.2) is 0 Å². The van der Waals surface area contributed by atoms with Crippen LogP contribution >= 0.6 is 27.7 Å². The first-order valence-corrected chi connectivity index (χ1v) is 7.20. The topological polar surface area (TPSA) is 29.5 Å². The van der Waals surface area contributed by atoms with E-state index in [0.717, 1.165) is 22.4 Å². The third kappa shape index (κ3) is 2.93. The van der Waals surface area contributed by atoms with Gasteiger partial charge in [-0.1, -0.05) is 22.9 Å². The molecule has 0 aliphatic carbocycles. The van der Waals surface area contributed by atoms with Crippen molar-refractivity contribution in [2.24, 2.45) is 0 Å². The molecule has 0 bridgehead atoms. The number of thioether (sulfide) groups is 1. The number of rotatable bonds is 4. The minimum absolute atomic E-state index is 0.232. The van der Waals surface area contributed by atoms with Gasteiger partial charge in [-0.2, -0.15) is 11.8 Å². The summed E-state index contributed by atoms with van der Waals surface area (Å²) in [4.78, 5) is 0. The van der Waals surface area contributed by atoms with Crippen molar-refractivity contribution < 1.29 is 9.84 Å². The van der Waals surface area contributed by atoms with Gasteiger partial charge >= 0.3 is 0 Å². The zero-order valence-corrected chi connectivity index (χ0v) is 11.6. The maximum Gasteiger partial charge on any atom is 0.123 e. The second-order valence-electron chi connectivity index (χ2n) is 4.02. The number of ether oxygens (including phenoxy) is 1. The van der Waals surface area contributed by atoms with Crippen LogP contribution in [-0.2, 0) is 6.42 Å². The lowest BCUT2D eigenvalue weighted by atomic mass is 10.1. The van der Waals surface area contributed by atoms with Crippen molar-refractivity contribution in [2.45, 2.75) is 24.7 Å². The number of hydrogen-bond acceptors (Lipinski definition) is 3. The largest absolute Gasteiger partial charge is 0.489 e. The Hall–Kier alpha value is -0.190. The van der Waals surface area contributed by atoms with E-state index in [1.54, 1.807) is 11.8 Å². The second kappa shape index (κ2) is 5.43. The zero-order valence-electron chi connectivity index (χ0n) is 9.15. The first-order valence-electron chi connectivity index (χ1n) is 5.36. The smallest absolute Gasteiger partial charge is 0.123 e. The van der Waals surface area contributed by atoms with Crippen LogP contribution in [0.15, 0.2) is 22.7 Å². The Kier molecular flexibility index (Phi) is 4.16. The van der Waals surface area contributed by atoms with E-state index < -0.39 is 0 Å². The van der Waals surface area contributed by atoms with Gasteiger partial charge in [0, 0.05) is 21.9 Å². The highest BCUT2D eigenvalue weighted by molar-refractivity contribution is 9.10. The first kappa shape index (κ1) is 12.3. The molecule has 0 spiro atoms. The van der Waals surface area contributed by atoms with Gasteiger partial charge in [0.05, 0.1) is 6.61 Å². The zero-order chi connectivity index (χ0) is 11.5. The minimum atomic E-state index is 0.232. The van der Waals surface area contributed by atoms with Crippen molar-refractivity contribution in [1.29, 1.82) is 0 Å². The Morgan fingerprint density at radius 3 is 3.19 bits per heavy atom. The third-order valence-corrected chi connectivity index (χ3v) is 4.36. The van der Waals surface area contributed by atoms with Crippen LogP contribution in [0.4, 0.5) is 0 Å². The van der Waals surface area contributed by atoms with Gasteiger partial charge in [0.1, 0.15) is 11.9 Å². The standard InChI is InChI=1S/C12H15BrO2S/c1-8(6-14)16-7-11-5-9-4-10(13)2-3-12(9)15-11/h2-4,8,11,14H,5-7H2,1H3. The average molecular weight is 303 g/mol. The summed E-state index contributed by atoms with van der Waals surface area (Å²) in [7, 11) is 0. The van der Waals surface area contributed by atoms with Crippen LogP contribution in [0.2, 0.25) is 0 Å². The van der Waals surface area contributed by atoms with Crippen molar-refractivity contribution in [3.05, 3.63) is 28.2 Å². The molecular formula is C12H15BrO2S. The van der Waals surface area contributed by atoms with Crippen molar-refractivity contribution in [2.75, 3.05) is 12.4 Å². The normalized spacial score (nSPS) is 20.3. The molecule has 1 aliphatic heterocycles. The van der Waals surface area contributed by atoms with Crippen molar-refractivity contribution in [3.63, 3.8) is 0 Å². The quantitative estimate of drug-likeness (QED) is 0.927. The number of hydrogen-bond donors (Lipinski definition) is 1. The second-order valence-corrected chi connectivity index (χ2v) is 6.41. The molecule has 1 aromatic carbocycles. The summed E-state index contributed by atoms with van der Waals surface area (Å²) >= 11 is 5.23. The van der Waals surface area contributed by atoms with Crippen LogP contribution in [0.25, 0.3) is 0 Å². The van der Waals surface area contributed by atoms with E-state index in [0.29, 0.717) is 5.25 Å². The van der Waals surface area contributed by atoms with Crippen LogP contribution in [-0.4, -0.2) is 28.8 Å². The van der Waals surface area contributed by atoms with Gasteiger partial charge in [-0.25, -0.2) is 0 Å². The molecule has 88 valence electrons. The predicted molar refractivity (Wildman–Crippen MR) is 71.3 cm³/mol. The van der Waals surface area contributed by atoms with Crippen molar-refractivity contribution >= 4 is 27.7 Å². The summed E-state index contributed by atoms with van der Waals surface area (Å²) in [6, 6.07) is 6.14. The summed E-state index contributed by atoms with van der Waals surface area (Å²) in [6.07, 6.45) is 1.23. The van der Waals surface area contributed by atoms with Gasteiger partial charge in [-0.3, -0.25) is 0 Å². The first-order chi connectivity index (χ1) is 7.69. The molecule has 0 radical (unpaired) electrons. The van der Waals surface area contributed by atoms with E-state index in [1.807, 2.05) is 19.1 Å². The van der Waals surface area contributed by atoms with E-state index in [4.69, 9.17) is 9.84 Å². The maximum absolute atomic E-state index is 8.95. The van der Waals surface area contributed by atoms with Gasteiger partial charge in [-0.05, 0) is 23.8 Å². The molecule has 0 amide bonds. The fourth-order valence-electron chi connectivity index (χ4n) is 1.71. The highest BCUT2D eigenvalue weighted by atomic mass is 79.9. The molecule has 1 heterocycles. The molecule has 1 N–H and O–H groups in total. The summed E-state index contributed by atoms with van der Waals surface area (Å²) in [5.74, 6) is 1.94. The van der Waals surface area contributed by atoms with Gasteiger partial charge in [0.2, 0.25) is 0 Å². The van der Waals surface area contributed by atoms with Crippen LogP contribution < -0.4 is 4.74 Å². The molecule has 2 unspecified atom stereocenters. The SMILES string of the molecule is CC(CO)SCC1Cc2cc(Br)ccc2O1. The molecule has 16 heavy (non-hydrogen) atoms. The molecule has 1 aromatic rings. The van der Waals surface area contributed by atoms with E-state index >= 15 is 0 Å². The van der Waals surface area contributed by atoms with Crippen LogP contribution in [0.5, 0.6) is 5.75 Å². The molecule has 0 fully saturated rings. The molecular weight excluding hydrogens is 288 g/mol. The number of fused-ring (bicyclic) bond motifs is 1. The van der Waals surface area contributed by atoms with E-state index in [-0.39, 0.29) is 12.7 Å².